The summed E-state index contributed by atoms with van der Waals surface area (Å²) < 4.78 is 5.32. The van der Waals surface area contributed by atoms with Crippen LogP contribution in [0.4, 0.5) is 0 Å². The first-order valence-electron chi connectivity index (χ1n) is 19.9. The van der Waals surface area contributed by atoms with Crippen LogP contribution in [0.25, 0.3) is 0 Å². The maximum atomic E-state index is 14.3. The Bertz CT molecular complexity index is 1600. The Morgan fingerprint density at radius 1 is 0.945 bits per heavy atom. The summed E-state index contributed by atoms with van der Waals surface area (Å²) in [6, 6.07) is 15.4. The number of hydrogen-bond donors (Lipinski definition) is 4. The van der Waals surface area contributed by atoms with Gasteiger partial charge in [-0.15, -0.1) is 11.3 Å². The van der Waals surface area contributed by atoms with E-state index >= 15 is 0 Å². The minimum Gasteiger partial charge on any atom is -0.497 e. The quantitative estimate of drug-likeness (QED) is 0.0937. The van der Waals surface area contributed by atoms with Crippen molar-refractivity contribution < 1.29 is 29.0 Å². The van der Waals surface area contributed by atoms with Crippen LogP contribution in [0.15, 0.2) is 65.5 Å². The van der Waals surface area contributed by atoms with Crippen molar-refractivity contribution in [1.29, 1.82) is 0 Å². The first-order valence-corrected chi connectivity index (χ1v) is 20.8. The van der Waals surface area contributed by atoms with Crippen LogP contribution in [0, 0.1) is 17.8 Å². The van der Waals surface area contributed by atoms with Crippen LogP contribution in [0.5, 0.6) is 5.75 Å². The van der Waals surface area contributed by atoms with Gasteiger partial charge < -0.3 is 30.7 Å². The molecule has 2 aromatic carbocycles. The smallest absolute Gasteiger partial charge is 0.243 e. The van der Waals surface area contributed by atoms with Crippen molar-refractivity contribution in [2.75, 3.05) is 20.7 Å². The Hall–Kier alpha value is -4.29. The topological polar surface area (TPSA) is 150 Å². The summed E-state index contributed by atoms with van der Waals surface area (Å²) in [6.07, 6.45) is 7.44. The van der Waals surface area contributed by atoms with Crippen molar-refractivity contribution in [2.24, 2.45) is 17.8 Å². The van der Waals surface area contributed by atoms with E-state index in [1.165, 1.54) is 17.8 Å². The Labute approximate surface area is 331 Å². The van der Waals surface area contributed by atoms with Crippen molar-refractivity contribution in [1.82, 2.24) is 25.8 Å². The van der Waals surface area contributed by atoms with Crippen molar-refractivity contribution in [3.63, 3.8) is 0 Å². The summed E-state index contributed by atoms with van der Waals surface area (Å²) >= 11 is 1.40. The van der Waals surface area contributed by atoms with E-state index in [2.05, 4.69) is 27.9 Å². The second kappa shape index (κ2) is 22.9. The van der Waals surface area contributed by atoms with Gasteiger partial charge in [0.15, 0.2) is 0 Å². The number of aliphatic hydroxyl groups is 1. The molecule has 11 nitrogen and oxygen atoms in total. The number of unbranched alkanes of at least 4 members (excludes halogenated alkanes) is 1. The van der Waals surface area contributed by atoms with Gasteiger partial charge in [0.25, 0.3) is 0 Å². The van der Waals surface area contributed by atoms with E-state index in [-0.39, 0.29) is 37.5 Å². The minimum atomic E-state index is -1.01. The average Bonchev–Trinajstić information content (AvgIpc) is 3.71. The molecule has 0 spiro atoms. The number of carbonyl (C=O) groups is 4. The maximum absolute atomic E-state index is 14.3. The number of carbonyl (C=O) groups excluding carboxylic acids is 4. The molecule has 0 bridgehead atoms. The molecular weight excluding hydrogens is 715 g/mol. The van der Waals surface area contributed by atoms with Gasteiger partial charge in [0.2, 0.25) is 23.6 Å². The number of benzene rings is 2. The molecular formula is C43H61N5O6S. The van der Waals surface area contributed by atoms with Crippen LogP contribution in [0.1, 0.15) is 94.9 Å². The van der Waals surface area contributed by atoms with Gasteiger partial charge in [0, 0.05) is 44.3 Å². The van der Waals surface area contributed by atoms with E-state index in [0.29, 0.717) is 36.9 Å². The molecule has 4 amide bonds. The van der Waals surface area contributed by atoms with E-state index in [0.717, 1.165) is 49.7 Å². The first-order chi connectivity index (χ1) is 26.6. The fourth-order valence-corrected chi connectivity index (χ4v) is 7.81. The number of ether oxygens (including phenoxy) is 1. The third-order valence-electron chi connectivity index (χ3n) is 10.6. The number of aliphatic hydroxyl groups excluding tert-OH is 1. The van der Waals surface area contributed by atoms with Crippen LogP contribution in [-0.4, -0.2) is 77.5 Å². The zero-order valence-corrected chi connectivity index (χ0v) is 33.8. The second-order valence-corrected chi connectivity index (χ2v) is 15.9. The molecule has 5 atom stereocenters. The Balaban J connectivity index is 1.54. The summed E-state index contributed by atoms with van der Waals surface area (Å²) in [6.45, 7) is 4.85. The summed E-state index contributed by atoms with van der Waals surface area (Å²) in [4.78, 5) is 61.1. The summed E-state index contributed by atoms with van der Waals surface area (Å²) in [5.41, 5.74) is 4.16. The standard InChI is InChI=1S/C43H61N5O6S/c1-5-6-21-44-41(51)30(2)22-39(49)37(24-31-13-9-7-10-14-31)46-43(53)38(26-35-28-55-29-45-35)47-42(52)34(23-32-17-19-36(54-4)20-18-32)25-40(50)48(3)27-33-15-11-8-12-16-33/h8,11-12,15-20,28-31,34,37-39,49H,5-7,9-10,13-14,21-27H2,1-4H3,(H,44,51)(H,46,53)(H,47,52)/t30?,34?,37?,38-,39?/m0/s1. The third-order valence-corrected chi connectivity index (χ3v) is 11.3. The molecule has 4 unspecified atom stereocenters. The van der Waals surface area contributed by atoms with Gasteiger partial charge in [-0.2, -0.15) is 0 Å². The molecule has 1 aliphatic carbocycles. The number of aromatic nitrogens is 1. The molecule has 3 aromatic rings. The molecule has 4 rings (SSSR count). The lowest BCUT2D eigenvalue weighted by Crippen LogP contribution is -2.55. The zero-order valence-electron chi connectivity index (χ0n) is 33.0. The number of nitrogens with one attached hydrogen (secondary N) is 3. The van der Waals surface area contributed by atoms with Gasteiger partial charge in [0.1, 0.15) is 11.8 Å². The number of thiazole rings is 1. The van der Waals surface area contributed by atoms with Gasteiger partial charge in [-0.25, -0.2) is 4.98 Å². The lowest BCUT2D eigenvalue weighted by atomic mass is 9.82. The van der Waals surface area contributed by atoms with Crippen LogP contribution in [-0.2, 0) is 38.6 Å². The molecule has 0 aliphatic heterocycles. The molecule has 1 heterocycles. The maximum Gasteiger partial charge on any atom is 0.243 e. The van der Waals surface area contributed by atoms with Crippen molar-refractivity contribution in [2.45, 2.75) is 116 Å². The van der Waals surface area contributed by atoms with Crippen molar-refractivity contribution >= 4 is 35.0 Å². The van der Waals surface area contributed by atoms with Crippen molar-refractivity contribution in [3.05, 3.63) is 82.3 Å². The molecule has 55 heavy (non-hydrogen) atoms. The Morgan fingerprint density at radius 3 is 2.33 bits per heavy atom. The number of methoxy groups -OCH3 is 1. The highest BCUT2D eigenvalue weighted by atomic mass is 32.1. The second-order valence-electron chi connectivity index (χ2n) is 15.1. The average molecular weight is 776 g/mol. The van der Waals surface area contributed by atoms with Gasteiger partial charge in [-0.3, -0.25) is 19.2 Å². The third kappa shape index (κ3) is 14.7. The first kappa shape index (κ1) is 43.4. The van der Waals surface area contributed by atoms with Crippen LogP contribution < -0.4 is 20.7 Å². The largest absolute Gasteiger partial charge is 0.497 e. The number of hydrogen-bond acceptors (Lipinski definition) is 8. The van der Waals surface area contributed by atoms with Gasteiger partial charge in [-0.1, -0.05) is 94.8 Å². The van der Waals surface area contributed by atoms with Crippen LogP contribution in [0.2, 0.25) is 0 Å². The van der Waals surface area contributed by atoms with Crippen LogP contribution >= 0.6 is 11.3 Å². The number of amides is 4. The van der Waals surface area contributed by atoms with E-state index in [1.54, 1.807) is 31.5 Å². The van der Waals surface area contributed by atoms with Gasteiger partial charge >= 0.3 is 0 Å². The van der Waals surface area contributed by atoms with E-state index in [4.69, 9.17) is 4.74 Å². The van der Waals surface area contributed by atoms with Gasteiger partial charge in [-0.05, 0) is 54.9 Å². The summed E-state index contributed by atoms with van der Waals surface area (Å²) in [7, 11) is 3.31. The van der Waals surface area contributed by atoms with E-state index in [9.17, 15) is 24.3 Å². The molecule has 1 aromatic heterocycles. The van der Waals surface area contributed by atoms with Crippen LogP contribution in [0.3, 0.4) is 0 Å². The summed E-state index contributed by atoms with van der Waals surface area (Å²) in [5.74, 6) is -1.37. The molecule has 1 fully saturated rings. The monoisotopic (exact) mass is 775 g/mol. The number of nitrogens with zero attached hydrogens (tertiary/aromatic N) is 2. The number of rotatable bonds is 22. The summed E-state index contributed by atoms with van der Waals surface area (Å²) in [5, 5.41) is 22.5. The molecule has 1 aliphatic rings. The normalized spacial score (nSPS) is 15.9. The highest BCUT2D eigenvalue weighted by Gasteiger charge is 2.33. The predicted octanol–water partition coefficient (Wildman–Crippen LogP) is 5.85. The molecule has 0 radical (unpaired) electrons. The van der Waals surface area contributed by atoms with E-state index in [1.807, 2.05) is 60.0 Å². The fraction of sp³-hybridized carbons (Fsp3) is 0.558. The molecule has 0 saturated heterocycles. The fourth-order valence-electron chi connectivity index (χ4n) is 7.24. The molecule has 300 valence electrons. The SMILES string of the molecule is CCCCNC(=O)C(C)CC(O)C(CC1CCCCC1)NC(=O)[C@H](Cc1cscn1)NC(=O)C(CC(=O)N(C)Cc1ccccc1)Cc1ccc(OC)cc1. The van der Waals surface area contributed by atoms with E-state index < -0.39 is 41.8 Å². The highest BCUT2D eigenvalue weighted by Crippen LogP contribution is 2.29. The molecule has 4 N–H and O–H groups in total. The van der Waals surface area contributed by atoms with Gasteiger partial charge in [0.05, 0.1) is 36.4 Å². The molecule has 12 heteroatoms. The molecule has 1 saturated carbocycles. The predicted molar refractivity (Wildman–Crippen MR) is 216 cm³/mol. The Kier molecular flexibility index (Phi) is 18.1. The Morgan fingerprint density at radius 2 is 1.67 bits per heavy atom. The lowest BCUT2D eigenvalue weighted by Gasteiger charge is -2.32. The lowest BCUT2D eigenvalue weighted by molar-refractivity contribution is -0.137. The minimum absolute atomic E-state index is 0.0620. The zero-order chi connectivity index (χ0) is 39.6. The highest BCUT2D eigenvalue weighted by molar-refractivity contribution is 7.07. The van der Waals surface area contributed by atoms with Crippen molar-refractivity contribution in [3.8, 4) is 5.75 Å².